The monoisotopic (exact) mass is 345 g/mol. The van der Waals surface area contributed by atoms with Gasteiger partial charge in [0.25, 0.3) is 0 Å². The molecule has 1 unspecified atom stereocenters. The van der Waals surface area contributed by atoms with Crippen LogP contribution in [0.4, 0.5) is 0 Å². The maximum absolute atomic E-state index is 12.3. The van der Waals surface area contributed by atoms with Gasteiger partial charge in [-0.3, -0.25) is 9.36 Å². The summed E-state index contributed by atoms with van der Waals surface area (Å²) in [6.45, 7) is 4.03. The molecule has 2 aromatic heterocycles. The van der Waals surface area contributed by atoms with Crippen LogP contribution in [-0.2, 0) is 17.1 Å². The van der Waals surface area contributed by atoms with E-state index in [-0.39, 0.29) is 10.9 Å². The minimum Gasteiger partial charge on any atom is -0.274 e. The number of nitrogens with one attached hydrogen (secondary N) is 1. The Labute approximate surface area is 135 Å². The van der Waals surface area contributed by atoms with E-state index in [4.69, 9.17) is 11.6 Å². The van der Waals surface area contributed by atoms with Crippen molar-refractivity contribution >= 4 is 21.6 Å². The van der Waals surface area contributed by atoms with Gasteiger partial charge in [0.1, 0.15) is 4.90 Å². The van der Waals surface area contributed by atoms with E-state index in [1.807, 2.05) is 6.92 Å². The van der Waals surface area contributed by atoms with E-state index in [0.717, 1.165) is 6.42 Å². The van der Waals surface area contributed by atoms with E-state index >= 15 is 0 Å². The maximum Gasteiger partial charge on any atom is 0.243 e. The predicted molar refractivity (Wildman–Crippen MR) is 84.3 cm³/mol. The van der Waals surface area contributed by atoms with Crippen molar-refractivity contribution in [3.8, 4) is 0 Å². The lowest BCUT2D eigenvalue weighted by Crippen LogP contribution is -2.27. The van der Waals surface area contributed by atoms with Crippen LogP contribution in [0.5, 0.6) is 0 Å². The van der Waals surface area contributed by atoms with Gasteiger partial charge < -0.3 is 0 Å². The van der Waals surface area contributed by atoms with Crippen molar-refractivity contribution in [1.82, 2.24) is 24.3 Å². The van der Waals surface area contributed by atoms with E-state index < -0.39 is 10.0 Å². The summed E-state index contributed by atoms with van der Waals surface area (Å²) in [5.74, 6) is 0. The van der Waals surface area contributed by atoms with Gasteiger partial charge >= 0.3 is 0 Å². The highest BCUT2D eigenvalue weighted by atomic mass is 35.5. The predicted octanol–water partition coefficient (Wildman–Crippen LogP) is 1.90. The van der Waals surface area contributed by atoms with Crippen LogP contribution in [0.3, 0.4) is 0 Å². The van der Waals surface area contributed by atoms with E-state index in [1.165, 1.54) is 10.9 Å². The Morgan fingerprint density at radius 2 is 2.14 bits per heavy atom. The molecule has 0 aliphatic rings. The zero-order valence-corrected chi connectivity index (χ0v) is 14.4. The van der Waals surface area contributed by atoms with Gasteiger partial charge in [-0.15, -0.1) is 0 Å². The lowest BCUT2D eigenvalue weighted by atomic mass is 10.1. The first kappa shape index (κ1) is 17.0. The van der Waals surface area contributed by atoms with Gasteiger partial charge in [0.05, 0.1) is 23.0 Å². The molecule has 1 N–H and O–H groups in total. The standard InChI is InChI=1S/C13H20ClN5O2S/c1-4-12(19-8-11(14)7-15-19)5-6-16-22(20,21)13-9-18(3)17-10(13)2/h7-9,12,16H,4-6H2,1-3H3. The first-order valence-corrected chi connectivity index (χ1v) is 8.89. The molecule has 0 spiro atoms. The molecule has 2 heterocycles. The number of aryl methyl sites for hydroxylation is 2. The molecule has 0 radical (unpaired) electrons. The molecule has 9 heteroatoms. The maximum atomic E-state index is 12.3. The zero-order chi connectivity index (χ0) is 16.3. The van der Waals surface area contributed by atoms with Gasteiger partial charge in [-0.05, 0) is 19.8 Å². The number of halogens is 1. The third-order valence-corrected chi connectivity index (χ3v) is 5.20. The molecular formula is C13H20ClN5O2S. The number of nitrogens with zero attached hydrogens (tertiary/aromatic N) is 4. The third-order valence-electron chi connectivity index (χ3n) is 3.44. The second-order valence-corrected chi connectivity index (χ2v) is 7.31. The SMILES string of the molecule is CCC(CCNS(=O)(=O)c1cn(C)nc1C)n1cc(Cl)cn1. The first-order chi connectivity index (χ1) is 10.3. The van der Waals surface area contributed by atoms with Crippen molar-refractivity contribution in [1.29, 1.82) is 0 Å². The molecule has 0 aliphatic heterocycles. The summed E-state index contributed by atoms with van der Waals surface area (Å²) in [7, 11) is -1.85. The minimum absolute atomic E-state index is 0.102. The van der Waals surface area contributed by atoms with Crippen LogP contribution in [0.2, 0.25) is 5.02 Å². The molecule has 0 bridgehead atoms. The van der Waals surface area contributed by atoms with Crippen molar-refractivity contribution in [2.45, 2.75) is 37.6 Å². The normalized spacial score (nSPS) is 13.5. The van der Waals surface area contributed by atoms with Crippen LogP contribution >= 0.6 is 11.6 Å². The average Bonchev–Trinajstić information content (AvgIpc) is 3.01. The summed E-state index contributed by atoms with van der Waals surface area (Å²) < 4.78 is 30.4. The van der Waals surface area contributed by atoms with Gasteiger partial charge in [0.2, 0.25) is 10.0 Å². The molecule has 0 fully saturated rings. The quantitative estimate of drug-likeness (QED) is 0.830. The van der Waals surface area contributed by atoms with Gasteiger partial charge in [-0.1, -0.05) is 18.5 Å². The lowest BCUT2D eigenvalue weighted by Gasteiger charge is -2.15. The second-order valence-electron chi connectivity index (χ2n) is 5.14. The molecule has 0 aromatic carbocycles. The molecule has 122 valence electrons. The summed E-state index contributed by atoms with van der Waals surface area (Å²) in [6, 6.07) is 0.102. The Morgan fingerprint density at radius 1 is 1.41 bits per heavy atom. The molecule has 0 saturated carbocycles. The highest BCUT2D eigenvalue weighted by Crippen LogP contribution is 2.18. The first-order valence-electron chi connectivity index (χ1n) is 7.03. The second kappa shape index (κ2) is 6.80. The lowest BCUT2D eigenvalue weighted by molar-refractivity contribution is 0.412. The smallest absolute Gasteiger partial charge is 0.243 e. The fourth-order valence-corrected chi connectivity index (χ4v) is 3.72. The van der Waals surface area contributed by atoms with Gasteiger partial charge in [0.15, 0.2) is 0 Å². The Balaban J connectivity index is 1.99. The largest absolute Gasteiger partial charge is 0.274 e. The third kappa shape index (κ3) is 3.88. The van der Waals surface area contributed by atoms with Gasteiger partial charge in [-0.25, -0.2) is 13.1 Å². The summed E-state index contributed by atoms with van der Waals surface area (Å²) in [5, 5.41) is 8.80. The summed E-state index contributed by atoms with van der Waals surface area (Å²) in [4.78, 5) is 0.213. The number of aromatic nitrogens is 4. The molecule has 22 heavy (non-hydrogen) atoms. The van der Waals surface area contributed by atoms with Crippen molar-refractivity contribution in [3.63, 3.8) is 0 Å². The number of rotatable bonds is 7. The van der Waals surface area contributed by atoms with Crippen molar-refractivity contribution < 1.29 is 8.42 Å². The van der Waals surface area contributed by atoms with Crippen LogP contribution in [-0.4, -0.2) is 34.5 Å². The van der Waals surface area contributed by atoms with Gasteiger partial charge in [-0.2, -0.15) is 10.2 Å². The molecule has 7 nitrogen and oxygen atoms in total. The molecule has 2 rings (SSSR count). The Kier molecular flexibility index (Phi) is 5.25. The summed E-state index contributed by atoms with van der Waals surface area (Å²) >= 11 is 5.86. The van der Waals surface area contributed by atoms with E-state index in [2.05, 4.69) is 14.9 Å². The summed E-state index contributed by atoms with van der Waals surface area (Å²) in [6.07, 6.45) is 6.30. The van der Waals surface area contributed by atoms with E-state index in [1.54, 1.807) is 31.0 Å². The highest BCUT2D eigenvalue weighted by molar-refractivity contribution is 7.89. The van der Waals surface area contributed by atoms with Crippen LogP contribution < -0.4 is 4.72 Å². The number of hydrogen-bond donors (Lipinski definition) is 1. The molecule has 2 aromatic rings. The fraction of sp³-hybridized carbons (Fsp3) is 0.538. The minimum atomic E-state index is -3.54. The molecule has 0 aliphatic carbocycles. The Morgan fingerprint density at radius 3 is 2.64 bits per heavy atom. The number of sulfonamides is 1. The molecule has 0 saturated heterocycles. The fourth-order valence-electron chi connectivity index (χ4n) is 2.32. The topological polar surface area (TPSA) is 81.8 Å². The van der Waals surface area contributed by atoms with Crippen LogP contribution in [0.1, 0.15) is 31.5 Å². The van der Waals surface area contributed by atoms with Crippen LogP contribution in [0.25, 0.3) is 0 Å². The van der Waals surface area contributed by atoms with Crippen LogP contribution in [0, 0.1) is 6.92 Å². The van der Waals surface area contributed by atoms with Gasteiger partial charge in [0, 0.05) is 26.0 Å². The van der Waals surface area contributed by atoms with Crippen LogP contribution in [0.15, 0.2) is 23.5 Å². The molecule has 1 atom stereocenters. The zero-order valence-electron chi connectivity index (χ0n) is 12.8. The molecule has 0 amide bonds. The average molecular weight is 346 g/mol. The number of hydrogen-bond acceptors (Lipinski definition) is 4. The van der Waals surface area contributed by atoms with E-state index in [0.29, 0.717) is 23.7 Å². The van der Waals surface area contributed by atoms with Crippen molar-refractivity contribution in [3.05, 3.63) is 29.3 Å². The Hall–Kier alpha value is -1.38. The highest BCUT2D eigenvalue weighted by Gasteiger charge is 2.20. The van der Waals surface area contributed by atoms with Crippen molar-refractivity contribution in [2.24, 2.45) is 7.05 Å². The molecular weight excluding hydrogens is 326 g/mol. The van der Waals surface area contributed by atoms with Crippen molar-refractivity contribution in [2.75, 3.05) is 6.54 Å². The van der Waals surface area contributed by atoms with E-state index in [9.17, 15) is 8.42 Å². The summed E-state index contributed by atoms with van der Waals surface area (Å²) in [5.41, 5.74) is 0.487. The Bertz CT molecular complexity index is 737.